The molecular weight excluding hydrogens is 336 g/mol. The van der Waals surface area contributed by atoms with Gasteiger partial charge in [0, 0.05) is 28.7 Å². The standard InChI is InChI=1S/C23H26N2O2/c1-27-19-7-8-20-21(15-24-22(20)14-19)23(26)16-25-11-9-18(10-12-25)13-17-5-3-2-4-6-17/h2-8,14-15,18,24H,9-13,16H2,1H3/p+1. The number of likely N-dealkylation sites (tertiary alicyclic amines) is 1. The third kappa shape index (κ3) is 4.06. The number of hydrogen-bond acceptors (Lipinski definition) is 2. The van der Waals surface area contributed by atoms with Crippen molar-refractivity contribution in [2.75, 3.05) is 26.7 Å². The van der Waals surface area contributed by atoms with Gasteiger partial charge in [0.25, 0.3) is 0 Å². The molecule has 4 heteroatoms. The second-order valence-electron chi connectivity index (χ2n) is 7.60. The minimum absolute atomic E-state index is 0.225. The van der Waals surface area contributed by atoms with Crippen LogP contribution in [0.25, 0.3) is 10.9 Å². The third-order valence-electron chi connectivity index (χ3n) is 5.78. The first-order valence-electron chi connectivity index (χ1n) is 9.79. The van der Waals surface area contributed by atoms with Gasteiger partial charge in [-0.1, -0.05) is 30.3 Å². The molecule has 4 rings (SSSR count). The van der Waals surface area contributed by atoms with Crippen molar-refractivity contribution in [3.63, 3.8) is 0 Å². The molecule has 4 nitrogen and oxygen atoms in total. The minimum Gasteiger partial charge on any atom is -0.497 e. The van der Waals surface area contributed by atoms with Crippen LogP contribution in [0.3, 0.4) is 0 Å². The number of H-pyrrole nitrogens is 1. The first-order valence-corrected chi connectivity index (χ1v) is 9.79. The maximum absolute atomic E-state index is 12.8. The van der Waals surface area contributed by atoms with Gasteiger partial charge in [-0.15, -0.1) is 0 Å². The summed E-state index contributed by atoms with van der Waals surface area (Å²) in [7, 11) is 1.65. The zero-order valence-corrected chi connectivity index (χ0v) is 15.8. The van der Waals surface area contributed by atoms with E-state index in [-0.39, 0.29) is 5.78 Å². The van der Waals surface area contributed by atoms with Crippen LogP contribution >= 0.6 is 0 Å². The largest absolute Gasteiger partial charge is 0.497 e. The van der Waals surface area contributed by atoms with E-state index in [2.05, 4.69) is 35.3 Å². The van der Waals surface area contributed by atoms with Crippen molar-refractivity contribution < 1.29 is 14.4 Å². The summed E-state index contributed by atoms with van der Waals surface area (Å²) in [6.07, 6.45) is 5.39. The Morgan fingerprint density at radius 3 is 2.67 bits per heavy atom. The summed E-state index contributed by atoms with van der Waals surface area (Å²) >= 11 is 0. The van der Waals surface area contributed by atoms with E-state index in [1.807, 2.05) is 24.4 Å². The lowest BCUT2D eigenvalue weighted by atomic mass is 9.90. The second kappa shape index (κ2) is 7.97. The van der Waals surface area contributed by atoms with E-state index >= 15 is 0 Å². The third-order valence-corrected chi connectivity index (χ3v) is 5.78. The molecule has 0 bridgehead atoms. The lowest BCUT2D eigenvalue weighted by Gasteiger charge is -2.28. The number of piperidine rings is 1. The van der Waals surface area contributed by atoms with Gasteiger partial charge in [-0.25, -0.2) is 0 Å². The van der Waals surface area contributed by atoms with E-state index in [9.17, 15) is 4.79 Å². The summed E-state index contributed by atoms with van der Waals surface area (Å²) in [5.41, 5.74) is 3.18. The van der Waals surface area contributed by atoms with Gasteiger partial charge in [-0.2, -0.15) is 0 Å². The highest BCUT2D eigenvalue weighted by atomic mass is 16.5. The van der Waals surface area contributed by atoms with Crippen LogP contribution in [-0.4, -0.2) is 37.5 Å². The zero-order valence-electron chi connectivity index (χ0n) is 15.8. The Balaban J connectivity index is 1.34. The highest BCUT2D eigenvalue weighted by Crippen LogP contribution is 2.23. The maximum Gasteiger partial charge on any atom is 0.219 e. The first kappa shape index (κ1) is 17.8. The second-order valence-corrected chi connectivity index (χ2v) is 7.60. The number of Topliss-reactive ketones (excluding diaryl/α,β-unsaturated/α-hetero) is 1. The van der Waals surface area contributed by atoms with Crippen molar-refractivity contribution in [3.8, 4) is 5.75 Å². The smallest absolute Gasteiger partial charge is 0.219 e. The maximum atomic E-state index is 12.8. The average molecular weight is 363 g/mol. The summed E-state index contributed by atoms with van der Waals surface area (Å²) < 4.78 is 5.26. The molecule has 2 heterocycles. The lowest BCUT2D eigenvalue weighted by Crippen LogP contribution is -3.14. The molecule has 0 unspecified atom stereocenters. The normalized spacial score (nSPS) is 19.9. The van der Waals surface area contributed by atoms with Gasteiger partial charge < -0.3 is 14.6 Å². The number of ketones is 1. The average Bonchev–Trinajstić information content (AvgIpc) is 3.13. The highest BCUT2D eigenvalue weighted by Gasteiger charge is 2.25. The van der Waals surface area contributed by atoms with E-state index in [4.69, 9.17) is 4.74 Å². The highest BCUT2D eigenvalue weighted by molar-refractivity contribution is 6.08. The van der Waals surface area contributed by atoms with Crippen LogP contribution in [0.2, 0.25) is 0 Å². The van der Waals surface area contributed by atoms with Crippen molar-refractivity contribution >= 4 is 16.7 Å². The predicted octanol–water partition coefficient (Wildman–Crippen LogP) is 2.90. The molecule has 1 aromatic heterocycles. The number of nitrogens with one attached hydrogen (secondary N) is 2. The van der Waals surface area contributed by atoms with Crippen molar-refractivity contribution in [3.05, 3.63) is 65.9 Å². The predicted molar refractivity (Wildman–Crippen MR) is 108 cm³/mol. The summed E-state index contributed by atoms with van der Waals surface area (Å²) in [6.45, 7) is 2.75. The topological polar surface area (TPSA) is 46.5 Å². The summed E-state index contributed by atoms with van der Waals surface area (Å²) in [5, 5.41) is 0.985. The van der Waals surface area contributed by atoms with Crippen LogP contribution in [0.4, 0.5) is 0 Å². The quantitative estimate of drug-likeness (QED) is 0.662. The SMILES string of the molecule is COc1ccc2c(C(=O)C[NH+]3CCC(Cc4ccccc4)CC3)c[nH]c2c1. The zero-order chi connectivity index (χ0) is 18.6. The molecule has 1 aliphatic heterocycles. The molecule has 3 aromatic rings. The van der Waals surface area contributed by atoms with Gasteiger partial charge in [0.1, 0.15) is 12.3 Å². The lowest BCUT2D eigenvalue weighted by molar-refractivity contribution is -0.897. The van der Waals surface area contributed by atoms with Gasteiger partial charge in [0.2, 0.25) is 5.78 Å². The molecule has 1 fully saturated rings. The number of carbonyl (C=O) groups is 1. The number of fused-ring (bicyclic) bond motifs is 1. The monoisotopic (exact) mass is 363 g/mol. The van der Waals surface area contributed by atoms with E-state index in [0.29, 0.717) is 6.54 Å². The molecule has 0 radical (unpaired) electrons. The Morgan fingerprint density at radius 1 is 1.15 bits per heavy atom. The minimum atomic E-state index is 0.225. The first-order chi connectivity index (χ1) is 13.2. The Morgan fingerprint density at radius 2 is 1.93 bits per heavy atom. The van der Waals surface area contributed by atoms with Crippen molar-refractivity contribution in [2.45, 2.75) is 19.3 Å². The Kier molecular flexibility index (Phi) is 5.26. The van der Waals surface area contributed by atoms with Gasteiger partial charge in [-0.3, -0.25) is 4.79 Å². The van der Waals surface area contributed by atoms with E-state index in [0.717, 1.165) is 47.6 Å². The number of benzene rings is 2. The number of carbonyl (C=O) groups excluding carboxylic acids is 1. The Hall–Kier alpha value is -2.59. The fourth-order valence-electron chi connectivity index (χ4n) is 4.20. The van der Waals surface area contributed by atoms with Crippen LogP contribution < -0.4 is 9.64 Å². The molecule has 0 amide bonds. The number of hydrogen-bond donors (Lipinski definition) is 2. The van der Waals surface area contributed by atoms with E-state index in [1.54, 1.807) is 7.11 Å². The van der Waals surface area contributed by atoms with Crippen LogP contribution in [-0.2, 0) is 6.42 Å². The van der Waals surface area contributed by atoms with E-state index < -0.39 is 0 Å². The fraction of sp³-hybridized carbons (Fsp3) is 0.348. The summed E-state index contributed by atoms with van der Waals surface area (Å²) in [5.74, 6) is 1.77. The number of methoxy groups -OCH3 is 1. The van der Waals surface area contributed by atoms with Crippen molar-refractivity contribution in [1.29, 1.82) is 0 Å². The van der Waals surface area contributed by atoms with E-state index in [1.165, 1.54) is 23.3 Å². The molecule has 0 spiro atoms. The molecular formula is C23H27N2O2+. The molecule has 2 aromatic carbocycles. The van der Waals surface area contributed by atoms with Crippen molar-refractivity contribution in [1.82, 2.24) is 4.98 Å². The Labute approximate surface area is 160 Å². The number of ether oxygens (including phenoxy) is 1. The van der Waals surface area contributed by atoms with Gasteiger partial charge in [-0.05, 0) is 42.9 Å². The molecule has 27 heavy (non-hydrogen) atoms. The van der Waals surface area contributed by atoms with Gasteiger partial charge in [0.05, 0.1) is 20.2 Å². The molecule has 0 saturated carbocycles. The fourth-order valence-corrected chi connectivity index (χ4v) is 4.20. The molecule has 0 aliphatic carbocycles. The van der Waals surface area contributed by atoms with Crippen LogP contribution in [0.15, 0.2) is 54.7 Å². The number of aromatic nitrogens is 1. The van der Waals surface area contributed by atoms with Crippen LogP contribution in [0.1, 0.15) is 28.8 Å². The molecule has 2 N–H and O–H groups in total. The van der Waals surface area contributed by atoms with Crippen LogP contribution in [0, 0.1) is 5.92 Å². The number of aromatic amines is 1. The van der Waals surface area contributed by atoms with Gasteiger partial charge in [0.15, 0.2) is 0 Å². The number of rotatable bonds is 6. The van der Waals surface area contributed by atoms with Crippen LogP contribution in [0.5, 0.6) is 5.75 Å². The summed E-state index contributed by atoms with van der Waals surface area (Å²) in [6, 6.07) is 16.6. The molecule has 1 saturated heterocycles. The van der Waals surface area contributed by atoms with Crippen molar-refractivity contribution in [2.24, 2.45) is 5.92 Å². The molecule has 1 aliphatic rings. The molecule has 0 atom stereocenters. The Bertz CT molecular complexity index is 909. The molecule has 140 valence electrons. The van der Waals surface area contributed by atoms with Gasteiger partial charge >= 0.3 is 0 Å². The summed E-state index contributed by atoms with van der Waals surface area (Å²) in [4.78, 5) is 17.5. The number of quaternary nitrogens is 1.